The van der Waals surface area contributed by atoms with Gasteiger partial charge in [-0.15, -0.1) is 0 Å². The minimum absolute atomic E-state index is 0. The topological polar surface area (TPSA) is 37.3 Å². The van der Waals surface area contributed by atoms with E-state index >= 15 is 0 Å². The molecule has 0 aromatic heterocycles. The first-order valence-corrected chi connectivity index (χ1v) is 4.94. The summed E-state index contributed by atoms with van der Waals surface area (Å²) in [6.45, 7) is 0. The number of hydrogen-bond acceptors (Lipinski definition) is 1. The Labute approximate surface area is 113 Å². The van der Waals surface area contributed by atoms with E-state index < -0.39 is 11.4 Å². The van der Waals surface area contributed by atoms with Crippen molar-refractivity contribution < 1.29 is 9.90 Å². The van der Waals surface area contributed by atoms with Crippen LogP contribution in [0.3, 0.4) is 0 Å². The summed E-state index contributed by atoms with van der Waals surface area (Å²) < 4.78 is 0.984. The minimum atomic E-state index is -0.699. The number of aliphatic carboxylic acids is 1. The molecule has 2 nitrogen and oxygen atoms in total. The Hall–Kier alpha value is 0.170. The molecule has 2 rings (SSSR count). The molecule has 0 aliphatic heterocycles. The zero-order valence-electron chi connectivity index (χ0n) is 6.96. The molecule has 0 amide bonds. The Balaban J connectivity index is 0.000000980. The molecule has 14 heavy (non-hydrogen) atoms. The predicted octanol–water partition coefficient (Wildman–Crippen LogP) is 1.92. The Kier molecular flexibility index (Phi) is 3.81. The Morgan fingerprint density at radius 3 is 2.14 bits per heavy atom. The van der Waals surface area contributed by atoms with Crippen molar-refractivity contribution >= 4 is 51.5 Å². The quantitative estimate of drug-likeness (QED) is 0.829. The molecule has 1 aromatic rings. The third-order valence-corrected chi connectivity index (χ3v) is 3.08. The van der Waals surface area contributed by atoms with E-state index in [1.54, 1.807) is 0 Å². The number of carboxylic acids is 1. The number of carbonyl (C=O) groups is 1. The summed E-state index contributed by atoms with van der Waals surface area (Å²) in [5.74, 6) is -0.699. The number of carboxylic acid groups (broad SMARTS) is 1. The van der Waals surface area contributed by atoms with Crippen LogP contribution < -0.4 is 0 Å². The van der Waals surface area contributed by atoms with Gasteiger partial charge in [0.2, 0.25) is 0 Å². The van der Waals surface area contributed by atoms with Crippen molar-refractivity contribution in [3.8, 4) is 0 Å². The summed E-state index contributed by atoms with van der Waals surface area (Å²) in [7, 11) is 0. The molecule has 1 aliphatic rings. The zero-order valence-corrected chi connectivity index (χ0v) is 8.54. The molecule has 1 fully saturated rings. The average Bonchev–Trinajstić information content (AvgIpc) is 2.86. The number of halogens is 1. The van der Waals surface area contributed by atoms with Crippen LogP contribution in [0.4, 0.5) is 0 Å². The third kappa shape index (κ3) is 2.06. The van der Waals surface area contributed by atoms with Gasteiger partial charge in [0, 0.05) is 4.47 Å². The fraction of sp³-hybridized carbons (Fsp3) is 0.300. The van der Waals surface area contributed by atoms with Gasteiger partial charge in [-0.2, -0.15) is 0 Å². The Morgan fingerprint density at radius 1 is 1.29 bits per heavy atom. The van der Waals surface area contributed by atoms with Crippen LogP contribution in [-0.2, 0) is 10.2 Å². The van der Waals surface area contributed by atoms with E-state index in [1.807, 2.05) is 24.3 Å². The number of rotatable bonds is 2. The van der Waals surface area contributed by atoms with Crippen LogP contribution in [0.2, 0.25) is 0 Å². The van der Waals surface area contributed by atoms with Gasteiger partial charge in [-0.05, 0) is 30.5 Å². The van der Waals surface area contributed by atoms with Crippen molar-refractivity contribution in [3.63, 3.8) is 0 Å². The summed E-state index contributed by atoms with van der Waals surface area (Å²) in [5, 5.41) is 9.01. The van der Waals surface area contributed by atoms with E-state index in [0.717, 1.165) is 22.9 Å². The van der Waals surface area contributed by atoms with Crippen LogP contribution in [0.5, 0.6) is 0 Å². The summed E-state index contributed by atoms with van der Waals surface area (Å²) in [6, 6.07) is 7.53. The van der Waals surface area contributed by atoms with E-state index in [0.29, 0.717) is 0 Å². The Morgan fingerprint density at radius 2 is 1.79 bits per heavy atom. The maximum atomic E-state index is 11.0. The first-order valence-electron chi connectivity index (χ1n) is 4.15. The number of hydrogen-bond donors (Lipinski definition) is 1. The van der Waals surface area contributed by atoms with Gasteiger partial charge in [-0.25, -0.2) is 0 Å². The normalized spacial score (nSPS) is 16.9. The second-order valence-electron chi connectivity index (χ2n) is 3.39. The average molecular weight is 265 g/mol. The van der Waals surface area contributed by atoms with Crippen LogP contribution in [-0.4, -0.2) is 40.6 Å². The third-order valence-electron chi connectivity index (χ3n) is 2.56. The summed E-state index contributed by atoms with van der Waals surface area (Å²) in [5.41, 5.74) is 0.351. The van der Waals surface area contributed by atoms with Crippen LogP contribution in [0.1, 0.15) is 18.4 Å². The molecule has 0 bridgehead atoms. The van der Waals surface area contributed by atoms with Gasteiger partial charge in [0.25, 0.3) is 0 Å². The van der Waals surface area contributed by atoms with Gasteiger partial charge in [0.15, 0.2) is 0 Å². The van der Waals surface area contributed by atoms with Crippen molar-refractivity contribution in [2.24, 2.45) is 0 Å². The SMILES string of the molecule is O=C(O)C1(c2ccc(Br)cc2)CC1.[NaH]. The maximum absolute atomic E-state index is 11.0. The first kappa shape index (κ1) is 12.2. The molecule has 0 saturated heterocycles. The van der Waals surface area contributed by atoms with Gasteiger partial charge < -0.3 is 5.11 Å². The van der Waals surface area contributed by atoms with Gasteiger partial charge in [-0.1, -0.05) is 28.1 Å². The van der Waals surface area contributed by atoms with Crippen molar-refractivity contribution in [1.82, 2.24) is 0 Å². The molecule has 0 heterocycles. The number of benzene rings is 1. The molecular formula is C10H10BrNaO2. The van der Waals surface area contributed by atoms with Crippen molar-refractivity contribution in [1.29, 1.82) is 0 Å². The summed E-state index contributed by atoms with van der Waals surface area (Å²) in [6.07, 6.45) is 1.54. The molecule has 0 spiro atoms. The van der Waals surface area contributed by atoms with Gasteiger partial charge in [0.1, 0.15) is 0 Å². The van der Waals surface area contributed by atoms with E-state index in [1.165, 1.54) is 0 Å². The van der Waals surface area contributed by atoms with E-state index in [9.17, 15) is 4.79 Å². The van der Waals surface area contributed by atoms with Crippen molar-refractivity contribution in [2.45, 2.75) is 18.3 Å². The molecule has 1 N–H and O–H groups in total. The second kappa shape index (κ2) is 4.35. The molecule has 1 saturated carbocycles. The molecule has 0 unspecified atom stereocenters. The van der Waals surface area contributed by atoms with E-state index in [4.69, 9.17) is 5.11 Å². The van der Waals surface area contributed by atoms with Crippen LogP contribution in [0, 0.1) is 0 Å². The molecule has 0 radical (unpaired) electrons. The van der Waals surface area contributed by atoms with Gasteiger partial charge in [0.05, 0.1) is 5.41 Å². The van der Waals surface area contributed by atoms with Crippen LogP contribution >= 0.6 is 15.9 Å². The van der Waals surface area contributed by atoms with Gasteiger partial charge in [-0.3, -0.25) is 4.79 Å². The second-order valence-corrected chi connectivity index (χ2v) is 4.31. The summed E-state index contributed by atoms with van der Waals surface area (Å²) in [4.78, 5) is 11.0. The molecule has 1 aliphatic carbocycles. The first-order chi connectivity index (χ1) is 6.15. The van der Waals surface area contributed by atoms with E-state index in [2.05, 4.69) is 15.9 Å². The Bertz CT molecular complexity index is 344. The molecule has 70 valence electrons. The fourth-order valence-electron chi connectivity index (χ4n) is 1.52. The van der Waals surface area contributed by atoms with E-state index in [-0.39, 0.29) is 29.6 Å². The zero-order chi connectivity index (χ0) is 9.47. The molecule has 4 heteroatoms. The van der Waals surface area contributed by atoms with Gasteiger partial charge >= 0.3 is 35.5 Å². The predicted molar refractivity (Wildman–Crippen MR) is 59.8 cm³/mol. The summed E-state index contributed by atoms with van der Waals surface area (Å²) >= 11 is 3.32. The fourth-order valence-corrected chi connectivity index (χ4v) is 1.78. The monoisotopic (exact) mass is 264 g/mol. The molecule has 1 aromatic carbocycles. The van der Waals surface area contributed by atoms with Crippen molar-refractivity contribution in [2.75, 3.05) is 0 Å². The standard InChI is InChI=1S/C10H9BrO2.Na.H/c11-8-3-1-7(2-4-8)10(5-6-10)9(12)13;;/h1-4H,5-6H2,(H,12,13);;. The van der Waals surface area contributed by atoms with Crippen LogP contribution in [0.25, 0.3) is 0 Å². The van der Waals surface area contributed by atoms with Crippen molar-refractivity contribution in [3.05, 3.63) is 34.3 Å². The van der Waals surface area contributed by atoms with Crippen LogP contribution in [0.15, 0.2) is 28.7 Å². The molecule has 0 atom stereocenters. The molecular weight excluding hydrogens is 255 g/mol.